The quantitative estimate of drug-likeness (QED) is 0.549. The minimum Gasteiger partial charge on any atom is -0.366 e. The van der Waals surface area contributed by atoms with Gasteiger partial charge in [-0.05, 0) is 85.0 Å². The number of hydrogen-bond acceptors (Lipinski definition) is 5. The van der Waals surface area contributed by atoms with E-state index in [-0.39, 0.29) is 17.4 Å². The van der Waals surface area contributed by atoms with E-state index in [1.165, 1.54) is 30.6 Å². The number of primary amides is 1. The highest BCUT2D eigenvalue weighted by Crippen LogP contribution is 2.38. The molecule has 0 spiro atoms. The van der Waals surface area contributed by atoms with Gasteiger partial charge in [0.15, 0.2) is 0 Å². The Bertz CT molecular complexity index is 1250. The van der Waals surface area contributed by atoms with Crippen molar-refractivity contribution in [3.05, 3.63) is 45.8 Å². The molecule has 0 aliphatic carbocycles. The van der Waals surface area contributed by atoms with Crippen LogP contribution in [-0.4, -0.2) is 48.8 Å². The van der Waals surface area contributed by atoms with Gasteiger partial charge in [-0.1, -0.05) is 12.8 Å². The lowest BCUT2D eigenvalue weighted by atomic mass is 9.91. The van der Waals surface area contributed by atoms with E-state index in [9.17, 15) is 13.2 Å². The van der Waals surface area contributed by atoms with Gasteiger partial charge in [-0.25, -0.2) is 8.42 Å². The van der Waals surface area contributed by atoms with Gasteiger partial charge in [0.05, 0.1) is 22.6 Å². The van der Waals surface area contributed by atoms with Crippen molar-refractivity contribution in [2.45, 2.75) is 51.0 Å². The fourth-order valence-corrected chi connectivity index (χ4v) is 7.71. The lowest BCUT2D eigenvalue weighted by Gasteiger charge is -2.21. The fourth-order valence-electron chi connectivity index (χ4n) is 5.28. The maximum absolute atomic E-state index is 12.3. The predicted molar refractivity (Wildman–Crippen MR) is 135 cm³/mol. The number of amides is 1. The Hall–Kier alpha value is -2.16. The van der Waals surface area contributed by atoms with Crippen molar-refractivity contribution in [3.8, 4) is 11.1 Å². The standard InChI is InChI=1S/C25H31N3O3S2/c26-25(29)22-13-18(19-11-20(32-16-19)15-28-7-3-1-2-4-8-28)12-21-23(14-27-24(21)22)17-5-9-33(30,31)10-6-17/h11-14,16-17,27H,1-10,15H2,(H2,26,29). The summed E-state index contributed by atoms with van der Waals surface area (Å²) in [5.41, 5.74) is 10.2. The number of nitrogens with two attached hydrogens (primary N) is 1. The topological polar surface area (TPSA) is 96.3 Å². The summed E-state index contributed by atoms with van der Waals surface area (Å²) in [7, 11) is -2.93. The number of sulfone groups is 1. The van der Waals surface area contributed by atoms with Crippen LogP contribution in [0.2, 0.25) is 0 Å². The van der Waals surface area contributed by atoms with Crippen molar-refractivity contribution in [2.75, 3.05) is 24.6 Å². The molecule has 1 aromatic carbocycles. The molecule has 8 heteroatoms. The molecule has 2 aliphatic heterocycles. The number of nitrogens with one attached hydrogen (secondary N) is 1. The van der Waals surface area contributed by atoms with Gasteiger partial charge in [0.1, 0.15) is 9.84 Å². The Morgan fingerprint density at radius 2 is 1.79 bits per heavy atom. The lowest BCUT2D eigenvalue weighted by molar-refractivity contribution is 0.100. The molecule has 0 unspecified atom stereocenters. The van der Waals surface area contributed by atoms with Crippen LogP contribution >= 0.6 is 11.3 Å². The Morgan fingerprint density at radius 3 is 2.48 bits per heavy atom. The van der Waals surface area contributed by atoms with Crippen LogP contribution < -0.4 is 5.73 Å². The SMILES string of the molecule is NC(=O)c1cc(-c2csc(CN3CCCCCC3)c2)cc2c(C3CCS(=O)(=O)CC3)c[nH]c12. The molecule has 1 amide bonds. The van der Waals surface area contributed by atoms with E-state index in [2.05, 4.69) is 27.4 Å². The second-order valence-electron chi connectivity index (χ2n) is 9.47. The molecule has 5 rings (SSSR count). The van der Waals surface area contributed by atoms with Gasteiger partial charge in [0.25, 0.3) is 5.91 Å². The molecule has 6 nitrogen and oxygen atoms in total. The summed E-state index contributed by atoms with van der Waals surface area (Å²) in [5.74, 6) is 0.148. The minimum atomic E-state index is -2.93. The molecule has 33 heavy (non-hydrogen) atoms. The first-order chi connectivity index (χ1) is 15.9. The first kappa shape index (κ1) is 22.6. The van der Waals surface area contributed by atoms with Crippen molar-refractivity contribution < 1.29 is 13.2 Å². The molecule has 3 aromatic rings. The molecule has 0 atom stereocenters. The van der Waals surface area contributed by atoms with Crippen LogP contribution in [0.5, 0.6) is 0 Å². The summed E-state index contributed by atoms with van der Waals surface area (Å²) in [4.78, 5) is 19.4. The number of hydrogen-bond donors (Lipinski definition) is 2. The van der Waals surface area contributed by atoms with Gasteiger partial charge in [-0.3, -0.25) is 9.69 Å². The molecular formula is C25H31N3O3S2. The average molecular weight is 486 g/mol. The largest absolute Gasteiger partial charge is 0.366 e. The Labute approximate surface area is 199 Å². The number of H-pyrrole nitrogens is 1. The third-order valence-electron chi connectivity index (χ3n) is 7.15. The predicted octanol–water partition coefficient (Wildman–Crippen LogP) is 4.66. The molecule has 4 heterocycles. The number of carbonyl (C=O) groups is 1. The number of rotatable bonds is 5. The smallest absolute Gasteiger partial charge is 0.250 e. The van der Waals surface area contributed by atoms with Gasteiger partial charge in [-0.2, -0.15) is 0 Å². The average Bonchev–Trinajstić information content (AvgIpc) is 3.34. The Morgan fingerprint density at radius 1 is 1.06 bits per heavy atom. The molecule has 0 radical (unpaired) electrons. The van der Waals surface area contributed by atoms with Crippen LogP contribution in [0.4, 0.5) is 0 Å². The van der Waals surface area contributed by atoms with E-state index < -0.39 is 15.7 Å². The molecular weight excluding hydrogens is 454 g/mol. The number of fused-ring (bicyclic) bond motifs is 1. The van der Waals surface area contributed by atoms with E-state index in [1.807, 2.05) is 12.3 Å². The summed E-state index contributed by atoms with van der Waals surface area (Å²) >= 11 is 1.77. The molecule has 3 N–H and O–H groups in total. The lowest BCUT2D eigenvalue weighted by Crippen LogP contribution is -2.23. The number of aromatic nitrogens is 1. The van der Waals surface area contributed by atoms with E-state index in [4.69, 9.17) is 5.73 Å². The molecule has 0 bridgehead atoms. The number of likely N-dealkylation sites (tertiary alicyclic amines) is 1. The van der Waals surface area contributed by atoms with Crippen LogP contribution in [0.3, 0.4) is 0 Å². The van der Waals surface area contributed by atoms with Crippen LogP contribution in [0, 0.1) is 0 Å². The van der Waals surface area contributed by atoms with E-state index in [1.54, 1.807) is 11.3 Å². The second kappa shape index (κ2) is 9.24. The molecule has 2 aromatic heterocycles. The summed E-state index contributed by atoms with van der Waals surface area (Å²) < 4.78 is 23.8. The van der Waals surface area contributed by atoms with Crippen molar-refractivity contribution in [3.63, 3.8) is 0 Å². The maximum atomic E-state index is 12.3. The fraction of sp³-hybridized carbons (Fsp3) is 0.480. The summed E-state index contributed by atoms with van der Waals surface area (Å²) in [6, 6.07) is 6.25. The maximum Gasteiger partial charge on any atom is 0.250 e. The van der Waals surface area contributed by atoms with Crippen LogP contribution in [-0.2, 0) is 16.4 Å². The van der Waals surface area contributed by atoms with Crippen molar-refractivity contribution in [1.29, 1.82) is 0 Å². The molecule has 2 aliphatic rings. The number of carbonyl (C=O) groups excluding carboxylic acids is 1. The first-order valence-electron chi connectivity index (χ1n) is 11.8. The van der Waals surface area contributed by atoms with Gasteiger partial charge in [0.2, 0.25) is 0 Å². The number of aromatic amines is 1. The highest BCUT2D eigenvalue weighted by molar-refractivity contribution is 7.91. The minimum absolute atomic E-state index is 0.166. The Balaban J connectivity index is 1.47. The molecule has 176 valence electrons. The third kappa shape index (κ3) is 4.88. The van der Waals surface area contributed by atoms with Gasteiger partial charge < -0.3 is 10.7 Å². The van der Waals surface area contributed by atoms with Crippen LogP contribution in [0.1, 0.15) is 65.2 Å². The summed E-state index contributed by atoms with van der Waals surface area (Å²) in [5, 5.41) is 3.14. The molecule has 2 saturated heterocycles. The monoisotopic (exact) mass is 485 g/mol. The van der Waals surface area contributed by atoms with Crippen LogP contribution in [0.25, 0.3) is 22.0 Å². The molecule has 0 saturated carbocycles. The third-order valence-corrected chi connectivity index (χ3v) is 9.78. The van der Waals surface area contributed by atoms with Crippen LogP contribution in [0.15, 0.2) is 29.8 Å². The van der Waals surface area contributed by atoms with Gasteiger partial charge in [-0.15, -0.1) is 11.3 Å². The number of thiophene rings is 1. The zero-order chi connectivity index (χ0) is 23.0. The van der Waals surface area contributed by atoms with Gasteiger partial charge in [0, 0.05) is 23.0 Å². The van der Waals surface area contributed by atoms with Crippen molar-refractivity contribution in [2.24, 2.45) is 5.73 Å². The second-order valence-corrected chi connectivity index (χ2v) is 12.8. The highest BCUT2D eigenvalue weighted by atomic mass is 32.2. The summed E-state index contributed by atoms with van der Waals surface area (Å²) in [6.07, 6.45) is 8.36. The normalized spacial score (nSPS) is 20.1. The zero-order valence-electron chi connectivity index (χ0n) is 18.8. The first-order valence-corrected chi connectivity index (χ1v) is 14.5. The zero-order valence-corrected chi connectivity index (χ0v) is 20.4. The Kier molecular flexibility index (Phi) is 6.33. The van der Waals surface area contributed by atoms with Crippen molar-refractivity contribution >= 4 is 38.0 Å². The van der Waals surface area contributed by atoms with E-state index >= 15 is 0 Å². The number of nitrogens with zero attached hydrogens (tertiary/aromatic N) is 1. The highest BCUT2D eigenvalue weighted by Gasteiger charge is 2.27. The number of benzene rings is 1. The molecule has 2 fully saturated rings. The summed E-state index contributed by atoms with van der Waals surface area (Å²) in [6.45, 7) is 3.30. The van der Waals surface area contributed by atoms with E-state index in [0.717, 1.165) is 47.2 Å². The van der Waals surface area contributed by atoms with E-state index in [0.29, 0.717) is 18.4 Å². The van der Waals surface area contributed by atoms with Crippen molar-refractivity contribution in [1.82, 2.24) is 9.88 Å². The van der Waals surface area contributed by atoms with Gasteiger partial charge >= 0.3 is 0 Å².